The molecule has 0 aliphatic carbocycles. The van der Waals surface area contributed by atoms with Gasteiger partial charge in [0.15, 0.2) is 0 Å². The zero-order chi connectivity index (χ0) is 20.5. The summed E-state index contributed by atoms with van der Waals surface area (Å²) in [5.74, 6) is -5.13. The normalized spacial score (nSPS) is 12.2. The molecule has 3 aromatic rings. The molecule has 0 bridgehead atoms. The van der Waals surface area contributed by atoms with Gasteiger partial charge in [-0.25, -0.2) is 0 Å². The van der Waals surface area contributed by atoms with Crippen molar-refractivity contribution < 1.29 is 22.0 Å². The fourth-order valence-electron chi connectivity index (χ4n) is 3.00. The second-order valence-electron chi connectivity index (χ2n) is 6.38. The van der Waals surface area contributed by atoms with Gasteiger partial charge in [-0.05, 0) is 24.1 Å². The van der Waals surface area contributed by atoms with Crippen LogP contribution in [0.5, 0.6) is 0 Å². The lowest BCUT2D eigenvalue weighted by molar-refractivity contribution is -0.289. The standard InChI is InChI=1S/C21H16F5NO/c1-14-17(20(22,23)21(24,25)26)12-18(16-10-6-3-7-11-16)27(19(14)28)13-15-8-4-2-5-9-15/h2-12H,13H2,1H3. The average Bonchev–Trinajstić information content (AvgIpc) is 2.66. The van der Waals surface area contributed by atoms with Crippen molar-refractivity contribution in [3.8, 4) is 11.3 Å². The zero-order valence-electron chi connectivity index (χ0n) is 14.8. The van der Waals surface area contributed by atoms with Gasteiger partial charge in [0.05, 0.1) is 12.2 Å². The Morgan fingerprint density at radius 1 is 0.857 bits per heavy atom. The summed E-state index contributed by atoms with van der Waals surface area (Å²) in [6.45, 7) is 1.04. The summed E-state index contributed by atoms with van der Waals surface area (Å²) < 4.78 is 68.2. The van der Waals surface area contributed by atoms with E-state index in [1.807, 2.05) is 0 Å². The average molecular weight is 393 g/mol. The fraction of sp³-hybridized carbons (Fsp3) is 0.190. The van der Waals surface area contributed by atoms with Crippen LogP contribution in [0.25, 0.3) is 11.3 Å². The Labute approximate surface area is 157 Å². The smallest absolute Gasteiger partial charge is 0.304 e. The van der Waals surface area contributed by atoms with Gasteiger partial charge in [0, 0.05) is 11.1 Å². The highest BCUT2D eigenvalue weighted by atomic mass is 19.4. The van der Waals surface area contributed by atoms with Crippen LogP contribution in [-0.4, -0.2) is 10.7 Å². The van der Waals surface area contributed by atoms with Crippen molar-refractivity contribution in [2.24, 2.45) is 0 Å². The van der Waals surface area contributed by atoms with E-state index in [9.17, 15) is 26.7 Å². The first-order chi connectivity index (χ1) is 13.1. The highest BCUT2D eigenvalue weighted by Crippen LogP contribution is 2.45. The van der Waals surface area contributed by atoms with Gasteiger partial charge in [0.25, 0.3) is 5.56 Å². The first-order valence-electron chi connectivity index (χ1n) is 8.41. The molecule has 1 aromatic heterocycles. The molecule has 1 heterocycles. The van der Waals surface area contributed by atoms with E-state index >= 15 is 0 Å². The summed E-state index contributed by atoms with van der Waals surface area (Å²) in [5.41, 5.74) is -1.75. The number of hydrogen-bond donors (Lipinski definition) is 0. The van der Waals surface area contributed by atoms with E-state index in [0.29, 0.717) is 5.56 Å². The lowest BCUT2D eigenvalue weighted by atomic mass is 9.99. The molecule has 0 spiro atoms. The van der Waals surface area contributed by atoms with E-state index in [2.05, 4.69) is 0 Å². The van der Waals surface area contributed by atoms with Gasteiger partial charge in [-0.3, -0.25) is 4.79 Å². The van der Waals surface area contributed by atoms with Crippen molar-refractivity contribution in [1.29, 1.82) is 0 Å². The van der Waals surface area contributed by atoms with E-state index in [4.69, 9.17) is 0 Å². The minimum absolute atomic E-state index is 0.000946. The van der Waals surface area contributed by atoms with Crippen molar-refractivity contribution in [2.45, 2.75) is 25.6 Å². The van der Waals surface area contributed by atoms with E-state index in [-0.39, 0.29) is 12.2 Å². The van der Waals surface area contributed by atoms with Crippen LogP contribution in [0.4, 0.5) is 22.0 Å². The van der Waals surface area contributed by atoms with Gasteiger partial charge in [-0.2, -0.15) is 22.0 Å². The largest absolute Gasteiger partial charge is 0.458 e. The van der Waals surface area contributed by atoms with Crippen molar-refractivity contribution in [1.82, 2.24) is 4.57 Å². The molecule has 0 aliphatic heterocycles. The van der Waals surface area contributed by atoms with Crippen LogP contribution in [0.1, 0.15) is 16.7 Å². The van der Waals surface area contributed by atoms with Crippen LogP contribution in [-0.2, 0) is 12.5 Å². The molecule has 0 fully saturated rings. The Balaban J connectivity index is 2.28. The number of aromatic nitrogens is 1. The second kappa shape index (κ2) is 7.22. The van der Waals surface area contributed by atoms with E-state index in [1.165, 1.54) is 4.57 Å². The fourth-order valence-corrected chi connectivity index (χ4v) is 3.00. The molecule has 28 heavy (non-hydrogen) atoms. The molecule has 0 radical (unpaired) electrons. The summed E-state index contributed by atoms with van der Waals surface area (Å²) in [6, 6.07) is 17.6. The minimum atomic E-state index is -5.80. The summed E-state index contributed by atoms with van der Waals surface area (Å²) in [5, 5.41) is 0. The number of nitrogens with zero attached hydrogens (tertiary/aromatic N) is 1. The van der Waals surface area contributed by atoms with Crippen molar-refractivity contribution in [3.05, 3.63) is 93.8 Å². The summed E-state index contributed by atoms with van der Waals surface area (Å²) >= 11 is 0. The van der Waals surface area contributed by atoms with Crippen LogP contribution >= 0.6 is 0 Å². The molecule has 2 nitrogen and oxygen atoms in total. The first-order valence-corrected chi connectivity index (χ1v) is 8.41. The van der Waals surface area contributed by atoms with Crippen molar-refractivity contribution in [2.75, 3.05) is 0 Å². The monoisotopic (exact) mass is 393 g/mol. The lowest BCUT2D eigenvalue weighted by Crippen LogP contribution is -2.37. The molecule has 2 aromatic carbocycles. The quantitative estimate of drug-likeness (QED) is 0.535. The number of pyridine rings is 1. The number of hydrogen-bond acceptors (Lipinski definition) is 1. The molecule has 7 heteroatoms. The highest BCUT2D eigenvalue weighted by Gasteiger charge is 2.59. The van der Waals surface area contributed by atoms with Crippen molar-refractivity contribution in [3.63, 3.8) is 0 Å². The Hall–Kier alpha value is -2.96. The molecular weight excluding hydrogens is 377 g/mol. The molecule has 3 rings (SSSR count). The van der Waals surface area contributed by atoms with E-state index < -0.39 is 28.8 Å². The molecule has 0 saturated carbocycles. The van der Waals surface area contributed by atoms with Crippen LogP contribution in [0.2, 0.25) is 0 Å². The molecule has 0 unspecified atom stereocenters. The number of rotatable bonds is 4. The molecule has 0 saturated heterocycles. The molecule has 0 aliphatic rings. The Morgan fingerprint density at radius 2 is 1.39 bits per heavy atom. The second-order valence-corrected chi connectivity index (χ2v) is 6.38. The lowest BCUT2D eigenvalue weighted by Gasteiger charge is -2.24. The maximum Gasteiger partial charge on any atom is 0.458 e. The molecular formula is C21H16F5NO. The number of alkyl halides is 5. The maximum absolute atomic E-state index is 14.1. The van der Waals surface area contributed by atoms with Gasteiger partial charge >= 0.3 is 12.1 Å². The molecule has 146 valence electrons. The zero-order valence-corrected chi connectivity index (χ0v) is 14.8. The third kappa shape index (κ3) is 3.56. The predicted octanol–water partition coefficient (Wildman–Crippen LogP) is 5.53. The van der Waals surface area contributed by atoms with Gasteiger partial charge < -0.3 is 4.57 Å². The predicted molar refractivity (Wildman–Crippen MR) is 96.4 cm³/mol. The topological polar surface area (TPSA) is 22.0 Å². The third-order valence-corrected chi connectivity index (χ3v) is 4.49. The van der Waals surface area contributed by atoms with Crippen LogP contribution in [0, 0.1) is 6.92 Å². The van der Waals surface area contributed by atoms with Crippen LogP contribution in [0.15, 0.2) is 71.5 Å². The summed E-state index contributed by atoms with van der Waals surface area (Å²) in [7, 11) is 0. The molecule has 0 amide bonds. The SMILES string of the molecule is Cc1c(C(F)(F)C(F)(F)F)cc(-c2ccccc2)n(Cc2ccccc2)c1=O. The third-order valence-electron chi connectivity index (χ3n) is 4.49. The van der Waals surface area contributed by atoms with Gasteiger partial charge in [0.1, 0.15) is 0 Å². The highest BCUT2D eigenvalue weighted by molar-refractivity contribution is 5.61. The van der Waals surface area contributed by atoms with Gasteiger partial charge in [0.2, 0.25) is 0 Å². The summed E-state index contributed by atoms with van der Waals surface area (Å²) in [6.07, 6.45) is -5.80. The Kier molecular flexibility index (Phi) is 5.10. The number of benzene rings is 2. The Bertz CT molecular complexity index is 1020. The van der Waals surface area contributed by atoms with Crippen LogP contribution in [0.3, 0.4) is 0 Å². The maximum atomic E-state index is 14.1. The van der Waals surface area contributed by atoms with Gasteiger partial charge in [-0.15, -0.1) is 0 Å². The number of halogens is 5. The van der Waals surface area contributed by atoms with Crippen molar-refractivity contribution >= 4 is 0 Å². The minimum Gasteiger partial charge on any atom is -0.304 e. The molecule has 0 N–H and O–H groups in total. The van der Waals surface area contributed by atoms with E-state index in [1.54, 1.807) is 60.7 Å². The summed E-state index contributed by atoms with van der Waals surface area (Å²) in [4.78, 5) is 12.8. The van der Waals surface area contributed by atoms with Gasteiger partial charge in [-0.1, -0.05) is 60.7 Å². The molecule has 0 atom stereocenters. The first kappa shape index (κ1) is 19.8. The van der Waals surface area contributed by atoms with Crippen LogP contribution < -0.4 is 5.56 Å². The Morgan fingerprint density at radius 3 is 1.93 bits per heavy atom. The van der Waals surface area contributed by atoms with E-state index in [0.717, 1.165) is 18.6 Å².